The Morgan fingerprint density at radius 1 is 0.887 bits per heavy atom. The van der Waals surface area contributed by atoms with Crippen LogP contribution >= 0.6 is 0 Å². The summed E-state index contributed by atoms with van der Waals surface area (Å²) in [5.41, 5.74) is 7.94. The van der Waals surface area contributed by atoms with Gasteiger partial charge < -0.3 is 58.2 Å². The molecule has 8 heterocycles. The molecule has 18 atom stereocenters. The third-order valence-electron chi connectivity index (χ3n) is 13.0. The highest BCUT2D eigenvalue weighted by molar-refractivity contribution is 5.70. The number of aliphatic hydroxyl groups is 1. The van der Waals surface area contributed by atoms with E-state index in [1.165, 1.54) is 5.57 Å². The van der Waals surface area contributed by atoms with Gasteiger partial charge in [0, 0.05) is 40.0 Å². The first-order valence-corrected chi connectivity index (χ1v) is 20.0. The number of fused-ring (bicyclic) bond motifs is 1. The number of rotatable bonds is 14. The molecule has 0 amide bonds. The third kappa shape index (κ3) is 8.32. The van der Waals surface area contributed by atoms with Gasteiger partial charge in [0.1, 0.15) is 30.5 Å². The maximum Gasteiger partial charge on any atom is 0.308 e. The summed E-state index contributed by atoms with van der Waals surface area (Å²) in [6.45, 7) is 14.9. The topological polar surface area (TPSA) is 156 Å². The molecule has 8 aliphatic heterocycles. The van der Waals surface area contributed by atoms with E-state index >= 15 is 0 Å². The Kier molecular flexibility index (Phi) is 12.4. The van der Waals surface area contributed by atoms with Crippen molar-refractivity contribution in [2.45, 2.75) is 195 Å². The van der Waals surface area contributed by atoms with Crippen molar-refractivity contribution in [3.8, 4) is 0 Å². The fourth-order valence-corrected chi connectivity index (χ4v) is 9.95. The van der Waals surface area contributed by atoms with Gasteiger partial charge in [-0.05, 0) is 75.9 Å². The number of esters is 1. The number of ether oxygens (including phenoxy) is 10. The molecule has 13 heteroatoms. The van der Waals surface area contributed by atoms with Crippen LogP contribution in [0.25, 0.3) is 0 Å². The second kappa shape index (κ2) is 16.5. The fraction of sp³-hybridized carbons (Fsp3) is 0.875. The molecule has 0 radical (unpaired) electrons. The lowest BCUT2D eigenvalue weighted by Gasteiger charge is -2.48. The van der Waals surface area contributed by atoms with Crippen molar-refractivity contribution in [3.05, 3.63) is 24.3 Å². The van der Waals surface area contributed by atoms with E-state index in [0.717, 1.165) is 44.1 Å². The SMILES string of the molecule is C=C1C[C@H](CC[C@]23CC(O2)C2O[C@H]4CC[C@H](CC(=O)O[C@@H]5[C@@H](OC)[C@@H](C[C@H](O)CN)O[C@H]5C)O[C@@H]4[C@H](O3)C2OC)O[C@H]1CC[C@H]1C[C@@H](C)C(=C)[C@@H](C)O1. The molecule has 53 heavy (non-hydrogen) atoms. The molecular weight excluding hydrogens is 686 g/mol. The van der Waals surface area contributed by atoms with Crippen LogP contribution in [-0.2, 0) is 52.2 Å². The molecule has 3 unspecified atom stereocenters. The van der Waals surface area contributed by atoms with E-state index in [9.17, 15) is 9.90 Å². The van der Waals surface area contributed by atoms with Crippen LogP contribution in [0.2, 0.25) is 0 Å². The van der Waals surface area contributed by atoms with E-state index in [1.807, 2.05) is 6.92 Å². The summed E-state index contributed by atoms with van der Waals surface area (Å²) in [5, 5.41) is 10.1. The zero-order valence-corrected chi connectivity index (χ0v) is 32.2. The minimum atomic E-state index is -0.774. The van der Waals surface area contributed by atoms with Crippen LogP contribution in [0.5, 0.6) is 0 Å². The van der Waals surface area contributed by atoms with Crippen molar-refractivity contribution in [3.63, 3.8) is 0 Å². The van der Waals surface area contributed by atoms with Gasteiger partial charge in [0.05, 0.1) is 67.5 Å². The Balaban J connectivity index is 0.925. The maximum absolute atomic E-state index is 13.3. The normalized spacial score (nSPS) is 47.1. The minimum Gasteiger partial charge on any atom is -0.457 e. The predicted molar refractivity (Wildman–Crippen MR) is 192 cm³/mol. The van der Waals surface area contributed by atoms with Crippen molar-refractivity contribution in [1.29, 1.82) is 0 Å². The first-order valence-electron chi connectivity index (χ1n) is 20.0. The van der Waals surface area contributed by atoms with Gasteiger partial charge in [-0.1, -0.05) is 20.1 Å². The molecule has 8 saturated heterocycles. The summed E-state index contributed by atoms with van der Waals surface area (Å²) in [7, 11) is 3.23. The monoisotopic (exact) mass is 749 g/mol. The van der Waals surface area contributed by atoms with E-state index in [1.54, 1.807) is 14.2 Å². The minimum absolute atomic E-state index is 0.0303. The lowest BCUT2D eigenvalue weighted by atomic mass is 9.85. The van der Waals surface area contributed by atoms with E-state index in [4.69, 9.17) is 53.1 Å². The molecule has 8 fully saturated rings. The summed E-state index contributed by atoms with van der Waals surface area (Å²) in [5.74, 6) is -0.699. The highest BCUT2D eigenvalue weighted by atomic mass is 16.8. The van der Waals surface area contributed by atoms with Gasteiger partial charge in [0.25, 0.3) is 0 Å². The van der Waals surface area contributed by atoms with Gasteiger partial charge in [-0.3, -0.25) is 4.79 Å². The number of aliphatic hydroxyl groups excluding tert-OH is 1. The van der Waals surface area contributed by atoms with Crippen molar-refractivity contribution >= 4 is 5.97 Å². The average Bonchev–Trinajstić information content (AvgIpc) is 3.56. The Morgan fingerprint density at radius 3 is 2.38 bits per heavy atom. The Morgan fingerprint density at radius 2 is 1.66 bits per heavy atom. The van der Waals surface area contributed by atoms with Crippen LogP contribution in [0.1, 0.15) is 91.4 Å². The van der Waals surface area contributed by atoms with Gasteiger partial charge in [-0.15, -0.1) is 0 Å². The van der Waals surface area contributed by atoms with Gasteiger partial charge in [0.2, 0.25) is 0 Å². The molecule has 300 valence electrons. The van der Waals surface area contributed by atoms with Crippen molar-refractivity contribution in [2.75, 3.05) is 20.8 Å². The molecule has 0 aromatic rings. The first-order chi connectivity index (χ1) is 25.4. The van der Waals surface area contributed by atoms with Gasteiger partial charge in [0.15, 0.2) is 11.9 Å². The van der Waals surface area contributed by atoms with Crippen molar-refractivity contribution < 1.29 is 57.3 Å². The summed E-state index contributed by atoms with van der Waals surface area (Å²) < 4.78 is 63.1. The van der Waals surface area contributed by atoms with E-state index in [2.05, 4.69) is 27.0 Å². The van der Waals surface area contributed by atoms with Crippen molar-refractivity contribution in [2.24, 2.45) is 11.7 Å². The third-order valence-corrected chi connectivity index (χ3v) is 13.0. The lowest BCUT2D eigenvalue weighted by Crippen LogP contribution is -2.62. The van der Waals surface area contributed by atoms with Crippen LogP contribution in [0.3, 0.4) is 0 Å². The zero-order chi connectivity index (χ0) is 37.6. The Hall–Kier alpha value is -1.49. The molecular formula is C40H63NO12. The highest BCUT2D eigenvalue weighted by Crippen LogP contribution is 2.51. The summed E-state index contributed by atoms with van der Waals surface area (Å²) in [4.78, 5) is 13.3. The van der Waals surface area contributed by atoms with Crippen molar-refractivity contribution in [1.82, 2.24) is 0 Å². The number of hydrogen-bond acceptors (Lipinski definition) is 13. The number of nitrogens with two attached hydrogens (primary N) is 1. The molecule has 0 aliphatic carbocycles. The maximum atomic E-state index is 13.3. The Labute approximate surface area is 314 Å². The van der Waals surface area contributed by atoms with Gasteiger partial charge in [-0.2, -0.15) is 0 Å². The second-order valence-electron chi connectivity index (χ2n) is 16.7. The molecule has 8 rings (SSSR count). The van der Waals surface area contributed by atoms with E-state index < -0.39 is 54.5 Å². The fourth-order valence-electron chi connectivity index (χ4n) is 9.95. The molecule has 3 N–H and O–H groups in total. The number of methoxy groups -OCH3 is 2. The lowest BCUT2D eigenvalue weighted by molar-refractivity contribution is -0.354. The highest BCUT2D eigenvalue weighted by Gasteiger charge is 2.64. The second-order valence-corrected chi connectivity index (χ2v) is 16.7. The van der Waals surface area contributed by atoms with Crippen LogP contribution < -0.4 is 5.73 Å². The molecule has 0 aromatic heterocycles. The molecule has 4 bridgehead atoms. The quantitative estimate of drug-likeness (QED) is 0.196. The first kappa shape index (κ1) is 39.7. The van der Waals surface area contributed by atoms with Crippen LogP contribution in [0.4, 0.5) is 0 Å². The van der Waals surface area contributed by atoms with Crippen LogP contribution in [-0.4, -0.2) is 135 Å². The number of carbonyl (C=O) groups excluding carboxylic acids is 1. The average molecular weight is 750 g/mol. The largest absolute Gasteiger partial charge is 0.457 e. The predicted octanol–water partition coefficient (Wildman–Crippen LogP) is 3.66. The van der Waals surface area contributed by atoms with E-state index in [0.29, 0.717) is 31.6 Å². The van der Waals surface area contributed by atoms with Gasteiger partial charge in [-0.25, -0.2) is 0 Å². The summed E-state index contributed by atoms with van der Waals surface area (Å²) in [6.07, 6.45) is 3.12. The molecule has 13 nitrogen and oxygen atoms in total. The molecule has 0 aromatic carbocycles. The smallest absolute Gasteiger partial charge is 0.308 e. The zero-order valence-electron chi connectivity index (χ0n) is 32.2. The Bertz CT molecular complexity index is 1290. The van der Waals surface area contributed by atoms with Crippen LogP contribution in [0, 0.1) is 5.92 Å². The van der Waals surface area contributed by atoms with Gasteiger partial charge >= 0.3 is 5.97 Å². The molecule has 0 spiro atoms. The van der Waals surface area contributed by atoms with Crippen LogP contribution in [0.15, 0.2) is 24.3 Å². The molecule has 0 saturated carbocycles. The summed E-state index contributed by atoms with van der Waals surface area (Å²) >= 11 is 0. The molecule has 8 aliphatic rings. The summed E-state index contributed by atoms with van der Waals surface area (Å²) in [6, 6.07) is 0. The number of carbonyl (C=O) groups is 1. The number of hydrogen-bond donors (Lipinski definition) is 2. The standard InChI is InChI=1S/C40H63NO12/c1-20-14-26(46-23(4)22(20)3)8-10-29-21(2)15-28(48-29)12-13-40-18-32(52-40)37-38(45-7)39(53-40)36-30(50-37)11-9-27(49-36)17-33(43)51-34-24(5)47-31(35(34)44-6)16-25(42)19-41/h20,23-32,34-39,42H,2-3,8-19,41H2,1,4-7H3/t20-,23-,24+,25+,26+,27-,28+,29+,30+,31-,32?,34+,35+,36+,37?,38?,39+,40+/m1/s1. The van der Waals surface area contributed by atoms with E-state index in [-0.39, 0.29) is 67.9 Å².